The molecule has 1 heterocycles. The van der Waals surface area contributed by atoms with Gasteiger partial charge in [-0.2, -0.15) is 5.26 Å². The van der Waals surface area contributed by atoms with Gasteiger partial charge in [0.15, 0.2) is 11.0 Å². The van der Waals surface area contributed by atoms with Gasteiger partial charge in [-0.1, -0.05) is 30.0 Å². The Morgan fingerprint density at radius 3 is 2.95 bits per heavy atom. The predicted molar refractivity (Wildman–Crippen MR) is 83.2 cm³/mol. The molecule has 0 bridgehead atoms. The van der Waals surface area contributed by atoms with Crippen molar-refractivity contribution >= 4 is 11.8 Å². The smallest absolute Gasteiger partial charge is 0.191 e. The van der Waals surface area contributed by atoms with Crippen molar-refractivity contribution in [2.45, 2.75) is 18.1 Å². The van der Waals surface area contributed by atoms with E-state index < -0.39 is 0 Å². The molecular formula is C15H16N4OS. The van der Waals surface area contributed by atoms with Gasteiger partial charge in [-0.15, -0.1) is 16.8 Å². The van der Waals surface area contributed by atoms with Crippen molar-refractivity contribution in [3.63, 3.8) is 0 Å². The third-order valence-electron chi connectivity index (χ3n) is 2.82. The number of para-hydroxylation sites is 1. The summed E-state index contributed by atoms with van der Waals surface area (Å²) in [6.45, 7) is 4.39. The second-order valence-electron chi connectivity index (χ2n) is 4.16. The molecule has 0 radical (unpaired) electrons. The number of hydrogen-bond acceptors (Lipinski definition) is 5. The molecule has 0 fully saturated rings. The van der Waals surface area contributed by atoms with E-state index in [-0.39, 0.29) is 0 Å². The Kier molecular flexibility index (Phi) is 5.41. The quantitative estimate of drug-likeness (QED) is 0.446. The van der Waals surface area contributed by atoms with E-state index in [0.717, 1.165) is 22.3 Å². The van der Waals surface area contributed by atoms with E-state index in [9.17, 15) is 0 Å². The van der Waals surface area contributed by atoms with Gasteiger partial charge >= 0.3 is 0 Å². The molecule has 108 valence electrons. The lowest BCUT2D eigenvalue weighted by molar-refractivity contribution is 0.416. The van der Waals surface area contributed by atoms with Gasteiger partial charge in [0, 0.05) is 18.7 Å². The van der Waals surface area contributed by atoms with Gasteiger partial charge in [0.25, 0.3) is 0 Å². The third-order valence-corrected chi connectivity index (χ3v) is 3.79. The molecule has 0 amide bonds. The van der Waals surface area contributed by atoms with Crippen LogP contribution < -0.4 is 4.74 Å². The summed E-state index contributed by atoms with van der Waals surface area (Å²) >= 11 is 1.52. The Hall–Kier alpha value is -2.26. The highest BCUT2D eigenvalue weighted by molar-refractivity contribution is 7.99. The van der Waals surface area contributed by atoms with E-state index in [0.29, 0.717) is 18.7 Å². The Balaban J connectivity index is 2.39. The number of nitriles is 1. The van der Waals surface area contributed by atoms with Crippen molar-refractivity contribution in [2.75, 3.05) is 12.9 Å². The summed E-state index contributed by atoms with van der Waals surface area (Å²) in [6.07, 6.45) is 2.28. The van der Waals surface area contributed by atoms with E-state index in [1.54, 1.807) is 13.2 Å². The molecule has 2 aromatic rings. The molecule has 0 spiro atoms. The van der Waals surface area contributed by atoms with Crippen LogP contribution in [-0.4, -0.2) is 27.6 Å². The first kappa shape index (κ1) is 15.1. The molecule has 0 aliphatic carbocycles. The van der Waals surface area contributed by atoms with Crippen LogP contribution in [0.25, 0.3) is 11.4 Å². The fourth-order valence-corrected chi connectivity index (χ4v) is 2.70. The number of methoxy groups -OCH3 is 1. The maximum atomic E-state index is 8.63. The standard InChI is InChI=1S/C15H16N4OS/c1-3-10-19-14(12-7-4-5-8-13(12)20-2)17-18-15(19)21-11-6-9-16/h3-5,7-8H,1,6,10-11H2,2H3. The summed E-state index contributed by atoms with van der Waals surface area (Å²) in [6, 6.07) is 9.83. The molecule has 0 saturated heterocycles. The number of aromatic nitrogens is 3. The van der Waals surface area contributed by atoms with Crippen molar-refractivity contribution < 1.29 is 4.74 Å². The number of ether oxygens (including phenoxy) is 1. The number of allylic oxidation sites excluding steroid dienone is 1. The lowest BCUT2D eigenvalue weighted by atomic mass is 10.2. The molecule has 21 heavy (non-hydrogen) atoms. The second kappa shape index (κ2) is 7.50. The number of benzene rings is 1. The Morgan fingerprint density at radius 1 is 1.43 bits per heavy atom. The van der Waals surface area contributed by atoms with Crippen LogP contribution in [0.1, 0.15) is 6.42 Å². The van der Waals surface area contributed by atoms with Gasteiger partial charge < -0.3 is 4.74 Å². The average Bonchev–Trinajstić information content (AvgIpc) is 2.91. The van der Waals surface area contributed by atoms with Crippen LogP contribution in [0, 0.1) is 11.3 Å². The van der Waals surface area contributed by atoms with Crippen LogP contribution in [0.4, 0.5) is 0 Å². The molecule has 5 nitrogen and oxygen atoms in total. The summed E-state index contributed by atoms with van der Waals surface area (Å²) in [5, 5.41) is 17.9. The number of rotatable bonds is 7. The van der Waals surface area contributed by atoms with Crippen LogP contribution in [0.15, 0.2) is 42.1 Å². The van der Waals surface area contributed by atoms with Crippen LogP contribution in [0.3, 0.4) is 0 Å². The van der Waals surface area contributed by atoms with Gasteiger partial charge in [-0.3, -0.25) is 4.57 Å². The van der Waals surface area contributed by atoms with Gasteiger partial charge in [0.2, 0.25) is 0 Å². The average molecular weight is 300 g/mol. The lowest BCUT2D eigenvalue weighted by Crippen LogP contribution is -2.01. The molecule has 0 saturated carbocycles. The van der Waals surface area contributed by atoms with Crippen molar-refractivity contribution in [3.8, 4) is 23.2 Å². The van der Waals surface area contributed by atoms with E-state index in [2.05, 4.69) is 22.8 Å². The zero-order valence-corrected chi connectivity index (χ0v) is 12.6. The zero-order chi connectivity index (χ0) is 15.1. The normalized spacial score (nSPS) is 10.1. The van der Waals surface area contributed by atoms with Crippen LogP contribution in [0.2, 0.25) is 0 Å². The van der Waals surface area contributed by atoms with Gasteiger partial charge in [0.05, 0.1) is 18.7 Å². The van der Waals surface area contributed by atoms with Gasteiger partial charge in [-0.25, -0.2) is 0 Å². The zero-order valence-electron chi connectivity index (χ0n) is 11.8. The maximum absolute atomic E-state index is 8.63. The second-order valence-corrected chi connectivity index (χ2v) is 5.22. The SMILES string of the molecule is C=CCn1c(SCCC#N)nnc1-c1ccccc1OC. The lowest BCUT2D eigenvalue weighted by Gasteiger charge is -2.10. The number of nitrogens with zero attached hydrogens (tertiary/aromatic N) is 4. The van der Waals surface area contributed by atoms with Crippen molar-refractivity contribution in [1.29, 1.82) is 5.26 Å². The summed E-state index contributed by atoms with van der Waals surface area (Å²) < 4.78 is 7.36. The maximum Gasteiger partial charge on any atom is 0.191 e. The predicted octanol–water partition coefficient (Wildman–Crippen LogP) is 3.15. The van der Waals surface area contributed by atoms with E-state index >= 15 is 0 Å². The summed E-state index contributed by atoms with van der Waals surface area (Å²) in [5.74, 6) is 2.19. The Labute approximate surface area is 128 Å². The van der Waals surface area contributed by atoms with Gasteiger partial charge in [-0.05, 0) is 12.1 Å². The molecule has 0 atom stereocenters. The third kappa shape index (κ3) is 3.44. The molecule has 2 rings (SSSR count). The first-order valence-electron chi connectivity index (χ1n) is 6.49. The van der Waals surface area contributed by atoms with E-state index in [1.807, 2.05) is 28.8 Å². The minimum atomic E-state index is 0.482. The fourth-order valence-electron chi connectivity index (χ4n) is 1.91. The molecular weight excluding hydrogens is 284 g/mol. The Bertz CT molecular complexity index is 660. The van der Waals surface area contributed by atoms with Crippen LogP contribution >= 0.6 is 11.8 Å². The minimum Gasteiger partial charge on any atom is -0.496 e. The monoisotopic (exact) mass is 300 g/mol. The molecule has 0 unspecified atom stereocenters. The largest absolute Gasteiger partial charge is 0.496 e. The van der Waals surface area contributed by atoms with E-state index in [4.69, 9.17) is 10.00 Å². The Morgan fingerprint density at radius 2 is 2.24 bits per heavy atom. The van der Waals surface area contributed by atoms with Crippen LogP contribution in [-0.2, 0) is 6.54 Å². The van der Waals surface area contributed by atoms with Crippen molar-refractivity contribution in [1.82, 2.24) is 14.8 Å². The number of hydrogen-bond donors (Lipinski definition) is 0. The highest BCUT2D eigenvalue weighted by Crippen LogP contribution is 2.30. The fraction of sp³-hybridized carbons (Fsp3) is 0.267. The molecule has 1 aromatic heterocycles. The minimum absolute atomic E-state index is 0.482. The molecule has 0 aliphatic rings. The van der Waals surface area contributed by atoms with Crippen molar-refractivity contribution in [2.24, 2.45) is 0 Å². The first-order chi connectivity index (χ1) is 10.3. The molecule has 0 aliphatic heterocycles. The summed E-state index contributed by atoms with van der Waals surface area (Å²) in [5.41, 5.74) is 0.890. The summed E-state index contributed by atoms with van der Waals surface area (Å²) in [7, 11) is 1.63. The summed E-state index contributed by atoms with van der Waals surface area (Å²) in [4.78, 5) is 0. The van der Waals surface area contributed by atoms with E-state index in [1.165, 1.54) is 11.8 Å². The highest BCUT2D eigenvalue weighted by Gasteiger charge is 2.16. The number of thioether (sulfide) groups is 1. The molecule has 1 aromatic carbocycles. The van der Waals surface area contributed by atoms with Crippen molar-refractivity contribution in [3.05, 3.63) is 36.9 Å². The van der Waals surface area contributed by atoms with Gasteiger partial charge in [0.1, 0.15) is 5.75 Å². The highest BCUT2D eigenvalue weighted by atomic mass is 32.2. The van der Waals surface area contributed by atoms with Crippen LogP contribution in [0.5, 0.6) is 5.75 Å². The molecule has 0 N–H and O–H groups in total. The topological polar surface area (TPSA) is 63.7 Å². The first-order valence-corrected chi connectivity index (χ1v) is 7.47. The molecule has 6 heteroatoms.